The molecular formula is C22H28N2. The highest BCUT2D eigenvalue weighted by Crippen LogP contribution is 2.33. The lowest BCUT2D eigenvalue weighted by molar-refractivity contribution is 0.332. The SMILES string of the molecule is CN1CCCc2cc(C3CCc4ccccc4N(C)C3)ccc2C1. The Morgan fingerprint density at radius 3 is 2.71 bits per heavy atom. The van der Waals surface area contributed by atoms with E-state index in [0.29, 0.717) is 5.92 Å². The highest BCUT2D eigenvalue weighted by atomic mass is 15.1. The van der Waals surface area contributed by atoms with Crippen molar-refractivity contribution in [1.82, 2.24) is 4.90 Å². The molecule has 2 heterocycles. The molecule has 126 valence electrons. The summed E-state index contributed by atoms with van der Waals surface area (Å²) in [5.74, 6) is 0.633. The van der Waals surface area contributed by atoms with Crippen LogP contribution in [0, 0.1) is 0 Å². The van der Waals surface area contributed by atoms with E-state index in [1.807, 2.05) is 0 Å². The molecule has 0 saturated carbocycles. The van der Waals surface area contributed by atoms with Gasteiger partial charge >= 0.3 is 0 Å². The number of hydrogen-bond acceptors (Lipinski definition) is 2. The van der Waals surface area contributed by atoms with Gasteiger partial charge in [-0.05, 0) is 67.6 Å². The molecular weight excluding hydrogens is 292 g/mol. The first kappa shape index (κ1) is 15.7. The Bertz CT molecular complexity index is 722. The van der Waals surface area contributed by atoms with Crippen molar-refractivity contribution in [3.63, 3.8) is 0 Å². The molecule has 0 N–H and O–H groups in total. The summed E-state index contributed by atoms with van der Waals surface area (Å²) in [6.45, 7) is 3.44. The van der Waals surface area contributed by atoms with Crippen molar-refractivity contribution >= 4 is 5.69 Å². The first-order valence-electron chi connectivity index (χ1n) is 9.30. The fourth-order valence-corrected chi connectivity index (χ4v) is 4.41. The first-order valence-corrected chi connectivity index (χ1v) is 9.30. The van der Waals surface area contributed by atoms with Gasteiger partial charge in [-0.2, -0.15) is 0 Å². The predicted octanol–water partition coefficient (Wildman–Crippen LogP) is 4.23. The second-order valence-electron chi connectivity index (χ2n) is 7.61. The summed E-state index contributed by atoms with van der Waals surface area (Å²) in [6, 6.07) is 16.2. The van der Waals surface area contributed by atoms with Crippen LogP contribution in [0.1, 0.15) is 41.0 Å². The van der Waals surface area contributed by atoms with Gasteiger partial charge in [-0.25, -0.2) is 0 Å². The summed E-state index contributed by atoms with van der Waals surface area (Å²) in [4.78, 5) is 4.90. The third-order valence-electron chi connectivity index (χ3n) is 5.79. The van der Waals surface area contributed by atoms with Crippen molar-refractivity contribution in [2.45, 2.75) is 38.1 Å². The Morgan fingerprint density at radius 1 is 0.917 bits per heavy atom. The van der Waals surface area contributed by atoms with Crippen LogP contribution in [0.5, 0.6) is 0 Å². The summed E-state index contributed by atoms with van der Waals surface area (Å²) in [5.41, 5.74) is 7.57. The summed E-state index contributed by atoms with van der Waals surface area (Å²) < 4.78 is 0. The van der Waals surface area contributed by atoms with Crippen molar-refractivity contribution in [1.29, 1.82) is 0 Å². The van der Waals surface area contributed by atoms with E-state index in [0.717, 1.165) is 13.1 Å². The highest BCUT2D eigenvalue weighted by Gasteiger charge is 2.22. The fourth-order valence-electron chi connectivity index (χ4n) is 4.41. The molecule has 24 heavy (non-hydrogen) atoms. The van der Waals surface area contributed by atoms with E-state index in [4.69, 9.17) is 0 Å². The van der Waals surface area contributed by atoms with E-state index >= 15 is 0 Å². The maximum Gasteiger partial charge on any atom is 0.0396 e. The summed E-state index contributed by atoms with van der Waals surface area (Å²) >= 11 is 0. The smallest absolute Gasteiger partial charge is 0.0396 e. The average Bonchev–Trinajstić information content (AvgIpc) is 2.88. The Hall–Kier alpha value is -1.80. The van der Waals surface area contributed by atoms with Crippen LogP contribution in [0.25, 0.3) is 0 Å². The minimum Gasteiger partial charge on any atom is -0.374 e. The number of hydrogen-bond donors (Lipinski definition) is 0. The maximum absolute atomic E-state index is 2.52. The van der Waals surface area contributed by atoms with Crippen LogP contribution < -0.4 is 4.90 Å². The number of rotatable bonds is 1. The van der Waals surface area contributed by atoms with Gasteiger partial charge in [0.05, 0.1) is 0 Å². The normalized spacial score (nSPS) is 21.6. The van der Waals surface area contributed by atoms with Crippen molar-refractivity contribution in [3.05, 3.63) is 64.7 Å². The van der Waals surface area contributed by atoms with Gasteiger partial charge in [-0.3, -0.25) is 0 Å². The molecule has 2 nitrogen and oxygen atoms in total. The monoisotopic (exact) mass is 320 g/mol. The quantitative estimate of drug-likeness (QED) is 0.776. The molecule has 0 amide bonds. The third kappa shape index (κ3) is 3.08. The molecule has 0 radical (unpaired) electrons. The van der Waals surface area contributed by atoms with Gasteiger partial charge < -0.3 is 9.80 Å². The van der Waals surface area contributed by atoms with E-state index in [9.17, 15) is 0 Å². The number of benzene rings is 2. The van der Waals surface area contributed by atoms with E-state index in [2.05, 4.69) is 66.4 Å². The second kappa shape index (κ2) is 6.60. The van der Waals surface area contributed by atoms with Gasteiger partial charge in [0.1, 0.15) is 0 Å². The largest absolute Gasteiger partial charge is 0.374 e. The van der Waals surface area contributed by atoms with E-state index in [1.165, 1.54) is 54.6 Å². The zero-order chi connectivity index (χ0) is 16.5. The number of aryl methyl sites for hydroxylation is 2. The first-order chi connectivity index (χ1) is 11.7. The number of fused-ring (bicyclic) bond motifs is 2. The molecule has 2 aromatic carbocycles. The average molecular weight is 320 g/mol. The van der Waals surface area contributed by atoms with Gasteiger partial charge in [0, 0.05) is 31.7 Å². The minimum absolute atomic E-state index is 0.633. The molecule has 1 atom stereocenters. The standard InChI is InChI=1S/C22H28N2/c1-23-13-5-7-18-14-19(10-12-20(18)15-23)21-11-9-17-6-3-4-8-22(17)24(2)16-21/h3-4,6,8,10,12,14,21H,5,7,9,11,13,15-16H2,1-2H3. The number of para-hydroxylation sites is 1. The molecule has 0 bridgehead atoms. The van der Waals surface area contributed by atoms with E-state index in [1.54, 1.807) is 5.56 Å². The lowest BCUT2D eigenvalue weighted by Gasteiger charge is -2.24. The summed E-state index contributed by atoms with van der Waals surface area (Å²) in [6.07, 6.45) is 4.95. The number of nitrogens with zero attached hydrogens (tertiary/aromatic N) is 2. The Balaban J connectivity index is 1.60. The Morgan fingerprint density at radius 2 is 1.79 bits per heavy atom. The topological polar surface area (TPSA) is 6.48 Å². The van der Waals surface area contributed by atoms with Gasteiger partial charge in [0.25, 0.3) is 0 Å². The molecule has 2 aliphatic heterocycles. The molecule has 0 spiro atoms. The number of likely N-dealkylation sites (N-methyl/N-ethyl adjacent to an activating group) is 1. The zero-order valence-corrected chi connectivity index (χ0v) is 15.0. The summed E-state index contributed by atoms with van der Waals surface area (Å²) in [7, 11) is 4.48. The van der Waals surface area contributed by atoms with E-state index in [-0.39, 0.29) is 0 Å². The predicted molar refractivity (Wildman–Crippen MR) is 102 cm³/mol. The van der Waals surface area contributed by atoms with Crippen molar-refractivity contribution < 1.29 is 0 Å². The van der Waals surface area contributed by atoms with Crippen molar-refractivity contribution in [2.24, 2.45) is 0 Å². The zero-order valence-electron chi connectivity index (χ0n) is 15.0. The lowest BCUT2D eigenvalue weighted by atomic mass is 9.90. The molecule has 1 unspecified atom stereocenters. The number of anilines is 1. The van der Waals surface area contributed by atoms with Gasteiger partial charge in [-0.1, -0.05) is 36.4 Å². The Kier molecular flexibility index (Phi) is 4.32. The van der Waals surface area contributed by atoms with Crippen LogP contribution in [0.4, 0.5) is 5.69 Å². The molecule has 0 saturated heterocycles. The third-order valence-corrected chi connectivity index (χ3v) is 5.79. The molecule has 0 aromatic heterocycles. The second-order valence-corrected chi connectivity index (χ2v) is 7.61. The van der Waals surface area contributed by atoms with Crippen molar-refractivity contribution in [2.75, 3.05) is 32.1 Å². The lowest BCUT2D eigenvalue weighted by Crippen LogP contribution is -2.23. The molecule has 2 aliphatic rings. The minimum atomic E-state index is 0.633. The molecule has 2 aromatic rings. The Labute approximate surface area is 146 Å². The maximum atomic E-state index is 2.52. The van der Waals surface area contributed by atoms with E-state index < -0.39 is 0 Å². The fraction of sp³-hybridized carbons (Fsp3) is 0.455. The van der Waals surface area contributed by atoms with Crippen LogP contribution in [-0.4, -0.2) is 32.1 Å². The van der Waals surface area contributed by atoms with Gasteiger partial charge in [-0.15, -0.1) is 0 Å². The van der Waals surface area contributed by atoms with Crippen LogP contribution in [0.2, 0.25) is 0 Å². The van der Waals surface area contributed by atoms with Crippen LogP contribution in [-0.2, 0) is 19.4 Å². The van der Waals surface area contributed by atoms with Gasteiger partial charge in [0.15, 0.2) is 0 Å². The van der Waals surface area contributed by atoms with Crippen LogP contribution in [0.15, 0.2) is 42.5 Å². The molecule has 4 rings (SSSR count). The summed E-state index contributed by atoms with van der Waals surface area (Å²) in [5, 5.41) is 0. The van der Waals surface area contributed by atoms with Gasteiger partial charge in [0.2, 0.25) is 0 Å². The van der Waals surface area contributed by atoms with Crippen LogP contribution in [0.3, 0.4) is 0 Å². The molecule has 0 aliphatic carbocycles. The highest BCUT2D eigenvalue weighted by molar-refractivity contribution is 5.54. The molecule has 0 fully saturated rings. The van der Waals surface area contributed by atoms with Crippen molar-refractivity contribution in [3.8, 4) is 0 Å². The van der Waals surface area contributed by atoms with Crippen LogP contribution >= 0.6 is 0 Å². The molecule has 2 heteroatoms.